The summed E-state index contributed by atoms with van der Waals surface area (Å²) in [5.41, 5.74) is 2.09. The summed E-state index contributed by atoms with van der Waals surface area (Å²) in [5, 5.41) is 5.27. The van der Waals surface area contributed by atoms with Crippen LogP contribution in [-0.2, 0) is 16.0 Å². The van der Waals surface area contributed by atoms with Crippen LogP contribution in [0.1, 0.15) is 33.8 Å². The molecule has 0 spiro atoms. The van der Waals surface area contributed by atoms with Crippen molar-refractivity contribution in [1.82, 2.24) is 15.5 Å². The van der Waals surface area contributed by atoms with Gasteiger partial charge in [-0.15, -0.1) is 11.8 Å². The van der Waals surface area contributed by atoms with E-state index >= 15 is 0 Å². The average Bonchev–Trinajstić information content (AvgIpc) is 3.30. The number of carbonyl (C=O) groups excluding carboxylic acids is 3. The number of thioether (sulfide) groups is 1. The number of rotatable bonds is 6. The lowest BCUT2D eigenvalue weighted by atomic mass is 10.1. The predicted molar refractivity (Wildman–Crippen MR) is 112 cm³/mol. The summed E-state index contributed by atoms with van der Waals surface area (Å²) < 4.78 is 13.7. The molecular formula is C22H22FN3O3S. The Bertz CT molecular complexity index is 999. The Hall–Kier alpha value is -2.87. The molecule has 156 valence electrons. The van der Waals surface area contributed by atoms with Crippen molar-refractivity contribution in [2.75, 3.05) is 12.3 Å². The van der Waals surface area contributed by atoms with Crippen molar-refractivity contribution in [3.8, 4) is 0 Å². The third kappa shape index (κ3) is 3.79. The highest BCUT2D eigenvalue weighted by Gasteiger charge is 2.48. The molecule has 4 rings (SSSR count). The second-order valence-electron chi connectivity index (χ2n) is 7.36. The molecule has 0 saturated carbocycles. The number of hydrogen-bond acceptors (Lipinski definition) is 4. The van der Waals surface area contributed by atoms with Crippen molar-refractivity contribution >= 4 is 29.5 Å². The van der Waals surface area contributed by atoms with Crippen molar-refractivity contribution in [3.05, 3.63) is 71.0 Å². The molecule has 2 aromatic carbocycles. The van der Waals surface area contributed by atoms with E-state index < -0.39 is 12.1 Å². The van der Waals surface area contributed by atoms with Crippen LogP contribution in [0.15, 0.2) is 48.5 Å². The number of fused-ring (bicyclic) bond motifs is 3. The molecule has 3 amide bonds. The Morgan fingerprint density at radius 3 is 2.73 bits per heavy atom. The van der Waals surface area contributed by atoms with Crippen molar-refractivity contribution in [1.29, 1.82) is 0 Å². The van der Waals surface area contributed by atoms with Gasteiger partial charge in [-0.25, -0.2) is 4.39 Å². The third-order valence-corrected chi connectivity index (χ3v) is 6.70. The van der Waals surface area contributed by atoms with Crippen molar-refractivity contribution in [2.24, 2.45) is 0 Å². The molecule has 2 heterocycles. The van der Waals surface area contributed by atoms with Gasteiger partial charge >= 0.3 is 0 Å². The number of carbonyl (C=O) groups is 3. The van der Waals surface area contributed by atoms with Gasteiger partial charge in [0.25, 0.3) is 5.91 Å². The Morgan fingerprint density at radius 2 is 1.93 bits per heavy atom. The molecule has 1 saturated heterocycles. The standard InChI is InChI=1S/C22H22FN3O3S/c1-13(19(27)24-11-10-14-6-2-5-9-17(14)23)25-20(28)18-12-30-22-16-8-4-3-7-15(16)21(29)26(18)22/h2-9,13,18,22H,10-12H2,1H3,(H,24,27)(H,25,28)/t13-,18-,22+/m0/s1. The van der Waals surface area contributed by atoms with Crippen LogP contribution in [0.4, 0.5) is 4.39 Å². The van der Waals surface area contributed by atoms with Crippen LogP contribution < -0.4 is 10.6 Å². The zero-order chi connectivity index (χ0) is 21.3. The van der Waals surface area contributed by atoms with Gasteiger partial charge in [-0.2, -0.15) is 0 Å². The Morgan fingerprint density at radius 1 is 1.20 bits per heavy atom. The summed E-state index contributed by atoms with van der Waals surface area (Å²) in [5.74, 6) is -0.667. The van der Waals surface area contributed by atoms with Crippen LogP contribution in [0.3, 0.4) is 0 Å². The Kier molecular flexibility index (Phi) is 5.76. The molecule has 8 heteroatoms. The number of hydrogen-bond donors (Lipinski definition) is 2. The lowest BCUT2D eigenvalue weighted by Gasteiger charge is -2.24. The van der Waals surface area contributed by atoms with Crippen molar-refractivity contribution in [3.63, 3.8) is 0 Å². The molecule has 0 radical (unpaired) electrons. The van der Waals surface area contributed by atoms with Crippen molar-refractivity contribution < 1.29 is 18.8 Å². The largest absolute Gasteiger partial charge is 0.354 e. The molecule has 2 N–H and O–H groups in total. The molecule has 0 unspecified atom stereocenters. The smallest absolute Gasteiger partial charge is 0.256 e. The topological polar surface area (TPSA) is 78.5 Å². The number of nitrogens with zero attached hydrogens (tertiary/aromatic N) is 1. The molecule has 6 nitrogen and oxygen atoms in total. The zero-order valence-electron chi connectivity index (χ0n) is 16.4. The van der Waals surface area contributed by atoms with Crippen LogP contribution in [0.2, 0.25) is 0 Å². The highest BCUT2D eigenvalue weighted by Crippen LogP contribution is 2.48. The second kappa shape index (κ2) is 8.47. The van der Waals surface area contributed by atoms with Crippen LogP contribution in [0.25, 0.3) is 0 Å². The van der Waals surface area contributed by atoms with Gasteiger partial charge in [0.05, 0.1) is 0 Å². The lowest BCUT2D eigenvalue weighted by Crippen LogP contribution is -2.52. The van der Waals surface area contributed by atoms with Gasteiger partial charge in [0.1, 0.15) is 23.3 Å². The maximum Gasteiger partial charge on any atom is 0.256 e. The molecule has 0 aliphatic carbocycles. The van der Waals surface area contributed by atoms with E-state index in [1.54, 1.807) is 47.9 Å². The number of benzene rings is 2. The summed E-state index contributed by atoms with van der Waals surface area (Å²) in [6, 6.07) is 12.4. The van der Waals surface area contributed by atoms with E-state index in [0.717, 1.165) is 5.56 Å². The molecule has 2 aliphatic rings. The minimum absolute atomic E-state index is 0.150. The highest BCUT2D eigenvalue weighted by molar-refractivity contribution is 7.99. The molecule has 30 heavy (non-hydrogen) atoms. The average molecular weight is 428 g/mol. The van der Waals surface area contributed by atoms with Gasteiger partial charge in [-0.05, 0) is 36.6 Å². The first-order valence-electron chi connectivity index (χ1n) is 9.82. The number of nitrogens with one attached hydrogen (secondary N) is 2. The van der Waals surface area contributed by atoms with Crippen LogP contribution in [0, 0.1) is 5.82 Å². The fourth-order valence-electron chi connectivity index (χ4n) is 3.79. The summed E-state index contributed by atoms with van der Waals surface area (Å²) in [7, 11) is 0. The van der Waals surface area contributed by atoms with E-state index in [-0.39, 0.29) is 35.5 Å². The number of halogens is 1. The summed E-state index contributed by atoms with van der Waals surface area (Å²) >= 11 is 1.55. The summed E-state index contributed by atoms with van der Waals surface area (Å²) in [4.78, 5) is 39.5. The Labute approximate surface area is 178 Å². The van der Waals surface area contributed by atoms with Gasteiger partial charge in [0.15, 0.2) is 0 Å². The summed E-state index contributed by atoms with van der Waals surface area (Å²) in [6.07, 6.45) is 0.362. The first-order chi connectivity index (χ1) is 14.5. The zero-order valence-corrected chi connectivity index (χ0v) is 17.2. The van der Waals surface area contributed by atoms with Gasteiger partial charge in [0, 0.05) is 17.9 Å². The SMILES string of the molecule is C[C@H](NC(=O)[C@@H]1CS[C@@H]2c3ccccc3C(=O)N21)C(=O)NCCc1ccccc1F. The number of amides is 3. The van der Waals surface area contributed by atoms with E-state index in [2.05, 4.69) is 10.6 Å². The first kappa shape index (κ1) is 20.4. The fourth-order valence-corrected chi connectivity index (χ4v) is 5.26. The van der Waals surface area contributed by atoms with Crippen molar-refractivity contribution in [2.45, 2.75) is 30.8 Å². The first-order valence-corrected chi connectivity index (χ1v) is 10.9. The quantitative estimate of drug-likeness (QED) is 0.741. The van der Waals surface area contributed by atoms with Crippen LogP contribution in [0.5, 0.6) is 0 Å². The van der Waals surface area contributed by atoms with E-state index in [9.17, 15) is 18.8 Å². The lowest BCUT2D eigenvalue weighted by molar-refractivity contribution is -0.130. The molecule has 1 fully saturated rings. The second-order valence-corrected chi connectivity index (χ2v) is 8.48. The fraction of sp³-hybridized carbons (Fsp3) is 0.318. The minimum atomic E-state index is -0.762. The normalized spacial score (nSPS) is 20.5. The molecule has 0 bridgehead atoms. The van der Waals surface area contributed by atoms with Gasteiger partial charge < -0.3 is 15.5 Å². The Balaban J connectivity index is 1.31. The molecule has 0 aromatic heterocycles. The molecule has 2 aliphatic heterocycles. The predicted octanol–water partition coefficient (Wildman–Crippen LogP) is 2.26. The van der Waals surface area contributed by atoms with E-state index in [4.69, 9.17) is 0 Å². The van der Waals surface area contributed by atoms with Gasteiger partial charge in [0.2, 0.25) is 11.8 Å². The van der Waals surface area contributed by atoms with Crippen LogP contribution >= 0.6 is 11.8 Å². The molecule has 2 aromatic rings. The van der Waals surface area contributed by atoms with E-state index in [1.165, 1.54) is 6.07 Å². The minimum Gasteiger partial charge on any atom is -0.354 e. The van der Waals surface area contributed by atoms with Gasteiger partial charge in [-0.3, -0.25) is 14.4 Å². The maximum atomic E-state index is 13.7. The van der Waals surface area contributed by atoms with E-state index in [1.807, 2.05) is 18.2 Å². The van der Waals surface area contributed by atoms with E-state index in [0.29, 0.717) is 23.3 Å². The third-order valence-electron chi connectivity index (χ3n) is 5.40. The van der Waals surface area contributed by atoms with Gasteiger partial charge in [-0.1, -0.05) is 36.4 Å². The maximum absolute atomic E-state index is 13.7. The highest BCUT2D eigenvalue weighted by atomic mass is 32.2. The monoisotopic (exact) mass is 427 g/mol. The van der Waals surface area contributed by atoms with Crippen LogP contribution in [-0.4, -0.2) is 47.0 Å². The molecular weight excluding hydrogens is 405 g/mol. The summed E-state index contributed by atoms with van der Waals surface area (Å²) in [6.45, 7) is 1.86. The molecule has 3 atom stereocenters.